The number of rotatable bonds is 9. The number of hydrogen-bond acceptors (Lipinski definition) is 10. The molecule has 2 atom stereocenters. The summed E-state index contributed by atoms with van der Waals surface area (Å²) < 4.78 is 15.7. The normalized spacial score (nSPS) is 16.5. The molecular weight excluding hydrogens is 518 g/mol. The molecule has 192 valence electrons. The zero-order chi connectivity index (χ0) is 26.0. The first kappa shape index (κ1) is 26.3. The van der Waals surface area contributed by atoms with Crippen LogP contribution in [0.15, 0.2) is 78.0 Å². The molecule has 3 aromatic rings. The van der Waals surface area contributed by atoms with Gasteiger partial charge in [0.25, 0.3) is 5.69 Å². The Morgan fingerprint density at radius 3 is 2.54 bits per heavy atom. The Bertz CT molecular complexity index is 1210. The topological polar surface area (TPSA) is 130 Å². The molecule has 1 heterocycles. The lowest BCUT2D eigenvalue weighted by Crippen LogP contribution is -2.26. The number of nitro groups is 1. The molecule has 0 unspecified atom stereocenters. The van der Waals surface area contributed by atoms with Gasteiger partial charge in [0.1, 0.15) is 23.5 Å². The summed E-state index contributed by atoms with van der Waals surface area (Å²) in [6.07, 6.45) is 2.92. The van der Waals surface area contributed by atoms with E-state index < -0.39 is 17.2 Å². The van der Waals surface area contributed by atoms with Crippen molar-refractivity contribution in [2.24, 2.45) is 0 Å². The minimum absolute atomic E-state index is 0.0501. The van der Waals surface area contributed by atoms with E-state index in [-0.39, 0.29) is 29.4 Å². The highest BCUT2D eigenvalue weighted by molar-refractivity contribution is 8.76. The van der Waals surface area contributed by atoms with Crippen molar-refractivity contribution in [3.05, 3.63) is 88.6 Å². The van der Waals surface area contributed by atoms with Crippen LogP contribution in [0.5, 0.6) is 5.75 Å². The van der Waals surface area contributed by atoms with E-state index in [1.807, 2.05) is 18.2 Å². The summed E-state index contributed by atoms with van der Waals surface area (Å²) in [5.41, 5.74) is 1.12. The first-order valence-electron chi connectivity index (χ1n) is 11.4. The molecule has 1 amide bonds. The summed E-state index contributed by atoms with van der Waals surface area (Å²) >= 11 is 0. The number of anilines is 1. The highest BCUT2D eigenvalue weighted by Crippen LogP contribution is 2.41. The Morgan fingerprint density at radius 2 is 1.84 bits per heavy atom. The van der Waals surface area contributed by atoms with Gasteiger partial charge in [0.05, 0.1) is 10.2 Å². The molecule has 12 heteroatoms. The summed E-state index contributed by atoms with van der Waals surface area (Å²) in [5, 5.41) is 14.5. The smallest absolute Gasteiger partial charge is 0.445 e. The van der Waals surface area contributed by atoms with Gasteiger partial charge in [0.2, 0.25) is 0 Å². The Labute approximate surface area is 220 Å². The van der Waals surface area contributed by atoms with Crippen molar-refractivity contribution in [1.29, 1.82) is 0 Å². The Kier molecular flexibility index (Phi) is 9.22. The van der Waals surface area contributed by atoms with Gasteiger partial charge in [-0.3, -0.25) is 15.4 Å². The average Bonchev–Trinajstić information content (AvgIpc) is 3.34. The number of ether oxygens (including phenoxy) is 3. The second-order valence-electron chi connectivity index (χ2n) is 7.97. The van der Waals surface area contributed by atoms with Crippen LogP contribution in [0.2, 0.25) is 0 Å². The lowest BCUT2D eigenvalue weighted by Gasteiger charge is -2.19. The third kappa shape index (κ3) is 8.12. The molecule has 1 N–H and O–H groups in total. The highest BCUT2D eigenvalue weighted by atomic mass is 33.1. The van der Waals surface area contributed by atoms with Crippen molar-refractivity contribution in [2.45, 2.75) is 42.2 Å². The quantitative estimate of drug-likeness (QED) is 0.104. The number of aromatic nitrogens is 1. The van der Waals surface area contributed by atoms with Crippen molar-refractivity contribution >= 4 is 45.2 Å². The minimum Gasteiger partial charge on any atom is -0.445 e. The summed E-state index contributed by atoms with van der Waals surface area (Å²) in [7, 11) is 3.26. The number of amides is 1. The van der Waals surface area contributed by atoms with E-state index in [4.69, 9.17) is 14.2 Å². The van der Waals surface area contributed by atoms with Crippen LogP contribution in [0.25, 0.3) is 0 Å². The van der Waals surface area contributed by atoms with Crippen LogP contribution in [0.3, 0.4) is 0 Å². The van der Waals surface area contributed by atoms with Gasteiger partial charge in [-0.2, -0.15) is 0 Å². The van der Waals surface area contributed by atoms with Gasteiger partial charge in [-0.1, -0.05) is 29.0 Å². The largest absolute Gasteiger partial charge is 0.514 e. The SMILES string of the molecule is O=C(Nc1ccc(COC(=O)Oc2ccc([N+](=O)[O-])cc2)cc1)O[C@H]1CCC[C@@H]1SSc1ccccn1. The maximum atomic E-state index is 12.4. The number of nitro benzene ring substituents is 1. The lowest BCUT2D eigenvalue weighted by molar-refractivity contribution is -0.384. The van der Waals surface area contributed by atoms with E-state index >= 15 is 0 Å². The summed E-state index contributed by atoms with van der Waals surface area (Å²) in [6.45, 7) is -0.0501. The van der Waals surface area contributed by atoms with Crippen LogP contribution in [0.4, 0.5) is 21.0 Å². The molecule has 0 spiro atoms. The molecule has 1 aliphatic carbocycles. The monoisotopic (exact) mass is 541 g/mol. The van der Waals surface area contributed by atoms with Crippen LogP contribution in [-0.4, -0.2) is 33.5 Å². The van der Waals surface area contributed by atoms with Gasteiger partial charge in [-0.25, -0.2) is 14.6 Å². The third-order valence-corrected chi connectivity index (χ3v) is 8.19. The lowest BCUT2D eigenvalue weighted by atomic mass is 10.2. The Morgan fingerprint density at radius 1 is 1.05 bits per heavy atom. The van der Waals surface area contributed by atoms with Crippen LogP contribution < -0.4 is 10.1 Å². The van der Waals surface area contributed by atoms with Crippen LogP contribution in [0, 0.1) is 10.1 Å². The molecule has 0 aliphatic heterocycles. The van der Waals surface area contributed by atoms with E-state index in [1.165, 1.54) is 24.3 Å². The zero-order valence-electron chi connectivity index (χ0n) is 19.5. The van der Waals surface area contributed by atoms with Crippen LogP contribution in [-0.2, 0) is 16.1 Å². The number of hydrogen-bond donors (Lipinski definition) is 1. The molecule has 37 heavy (non-hydrogen) atoms. The zero-order valence-corrected chi connectivity index (χ0v) is 21.1. The maximum Gasteiger partial charge on any atom is 0.514 e. The van der Waals surface area contributed by atoms with Crippen molar-refractivity contribution in [3.8, 4) is 5.75 Å². The number of benzene rings is 2. The fourth-order valence-electron chi connectivity index (χ4n) is 3.52. The predicted molar refractivity (Wildman–Crippen MR) is 140 cm³/mol. The van der Waals surface area contributed by atoms with Crippen molar-refractivity contribution in [1.82, 2.24) is 4.98 Å². The minimum atomic E-state index is -0.940. The van der Waals surface area contributed by atoms with Gasteiger partial charge in [0, 0.05) is 24.0 Å². The van der Waals surface area contributed by atoms with Crippen LogP contribution >= 0.6 is 21.6 Å². The van der Waals surface area contributed by atoms with Crippen molar-refractivity contribution in [2.75, 3.05) is 5.32 Å². The van der Waals surface area contributed by atoms with Crippen LogP contribution in [0.1, 0.15) is 24.8 Å². The number of carbonyl (C=O) groups excluding carboxylic acids is 2. The van der Waals surface area contributed by atoms with Crippen molar-refractivity contribution < 1.29 is 28.7 Å². The first-order chi connectivity index (χ1) is 18.0. The van der Waals surface area contributed by atoms with Gasteiger partial charge in [-0.05, 0) is 72.0 Å². The fraction of sp³-hybridized carbons (Fsp3) is 0.240. The van der Waals surface area contributed by atoms with E-state index in [2.05, 4.69) is 10.3 Å². The molecule has 10 nitrogen and oxygen atoms in total. The molecule has 1 saturated carbocycles. The maximum absolute atomic E-state index is 12.4. The first-order valence-corrected chi connectivity index (χ1v) is 13.6. The average molecular weight is 542 g/mol. The Hall–Kier alpha value is -3.77. The molecule has 0 radical (unpaired) electrons. The standard InChI is InChI=1S/C25H23N3O7S2/c29-24(35-21-4-3-5-22(21)36-37-23-6-1-2-15-26-23)27-18-9-7-17(8-10-18)16-33-25(30)34-20-13-11-19(12-14-20)28(31)32/h1-2,6-15,21-22H,3-5,16H2,(H,27,29)/t21-,22-/m0/s1. The summed E-state index contributed by atoms with van der Waals surface area (Å²) in [4.78, 5) is 38.7. The van der Waals surface area contributed by atoms with E-state index in [1.54, 1.807) is 52.1 Å². The highest BCUT2D eigenvalue weighted by Gasteiger charge is 2.31. The number of non-ortho nitro benzene ring substituents is 1. The molecule has 4 rings (SSSR count). The van der Waals surface area contributed by atoms with E-state index in [0.717, 1.165) is 24.3 Å². The number of carbonyl (C=O) groups is 2. The van der Waals surface area contributed by atoms with E-state index in [9.17, 15) is 19.7 Å². The summed E-state index contributed by atoms with van der Waals surface area (Å²) in [6, 6.07) is 17.6. The van der Waals surface area contributed by atoms with Gasteiger partial charge in [-0.15, -0.1) is 0 Å². The number of nitrogens with one attached hydrogen (secondary N) is 1. The molecule has 1 aromatic heterocycles. The number of pyridine rings is 1. The second-order valence-corrected chi connectivity index (χ2v) is 10.4. The number of nitrogens with zero attached hydrogens (tertiary/aromatic N) is 2. The third-order valence-electron chi connectivity index (χ3n) is 5.35. The molecule has 0 saturated heterocycles. The van der Waals surface area contributed by atoms with Crippen molar-refractivity contribution in [3.63, 3.8) is 0 Å². The molecule has 1 aliphatic rings. The van der Waals surface area contributed by atoms with E-state index in [0.29, 0.717) is 11.3 Å². The Balaban J connectivity index is 1.19. The molecule has 1 fully saturated rings. The van der Waals surface area contributed by atoms with Gasteiger partial charge in [0.15, 0.2) is 0 Å². The summed E-state index contributed by atoms with van der Waals surface area (Å²) in [5.74, 6) is 0.131. The predicted octanol–water partition coefficient (Wildman–Crippen LogP) is 6.62. The second kappa shape index (κ2) is 13.0. The van der Waals surface area contributed by atoms with Gasteiger partial charge >= 0.3 is 12.2 Å². The molecule has 2 aromatic carbocycles. The van der Waals surface area contributed by atoms with Gasteiger partial charge < -0.3 is 14.2 Å². The fourth-order valence-corrected chi connectivity index (χ4v) is 6.18. The molecule has 0 bridgehead atoms. The molecular formula is C25H23N3O7S2.